The van der Waals surface area contributed by atoms with Crippen LogP contribution in [0.3, 0.4) is 0 Å². The number of hydrogen-bond acceptors (Lipinski definition) is 4. The molecule has 1 aromatic carbocycles. The van der Waals surface area contributed by atoms with Gasteiger partial charge in [-0.1, -0.05) is 24.6 Å². The summed E-state index contributed by atoms with van der Waals surface area (Å²) in [7, 11) is 0. The summed E-state index contributed by atoms with van der Waals surface area (Å²) >= 11 is 1.57. The number of anilines is 2. The van der Waals surface area contributed by atoms with E-state index in [0.29, 0.717) is 23.2 Å². The lowest BCUT2D eigenvalue weighted by Gasteiger charge is -2.32. The largest absolute Gasteiger partial charge is 0.322 e. The lowest BCUT2D eigenvalue weighted by molar-refractivity contribution is -0.118. The monoisotopic (exact) mass is 397 g/mol. The molecule has 0 radical (unpaired) electrons. The fraction of sp³-hybridized carbons (Fsp3) is 0.455. The molecule has 1 atom stereocenters. The maximum absolute atomic E-state index is 13.0. The maximum atomic E-state index is 13.0. The molecule has 6 heteroatoms. The average Bonchev–Trinajstić information content (AvgIpc) is 3.25. The number of benzene rings is 1. The van der Waals surface area contributed by atoms with Gasteiger partial charge < -0.3 is 10.6 Å². The van der Waals surface area contributed by atoms with Crippen molar-refractivity contribution in [2.75, 3.05) is 23.7 Å². The highest BCUT2D eigenvalue weighted by Crippen LogP contribution is 2.39. The molecule has 0 saturated carbocycles. The summed E-state index contributed by atoms with van der Waals surface area (Å²) in [6.07, 6.45) is 6.50. The van der Waals surface area contributed by atoms with Gasteiger partial charge in [0.05, 0.1) is 12.1 Å². The Balaban J connectivity index is 1.51. The zero-order chi connectivity index (χ0) is 19.5. The minimum absolute atomic E-state index is 0.0255. The summed E-state index contributed by atoms with van der Waals surface area (Å²) in [4.78, 5) is 29.2. The van der Waals surface area contributed by atoms with Crippen LogP contribution in [0.4, 0.5) is 10.7 Å². The zero-order valence-corrected chi connectivity index (χ0v) is 17.1. The summed E-state index contributed by atoms with van der Waals surface area (Å²) in [5, 5.41) is 6.74. The molecule has 2 aromatic rings. The molecule has 0 spiro atoms. The van der Waals surface area contributed by atoms with Crippen molar-refractivity contribution in [2.45, 2.75) is 51.5 Å². The van der Waals surface area contributed by atoms with Crippen LogP contribution in [0.2, 0.25) is 0 Å². The van der Waals surface area contributed by atoms with E-state index in [2.05, 4.69) is 22.5 Å². The number of aryl methyl sites for hydroxylation is 1. The van der Waals surface area contributed by atoms with Gasteiger partial charge in [0.1, 0.15) is 5.00 Å². The highest BCUT2D eigenvalue weighted by Gasteiger charge is 2.28. The standard InChI is InChI=1S/C22H27N3O2S/c1-15-8-5-6-13-25(15)14-19(26)24-22-20(17-11-7-12-18(17)28-22)21(27)23-16-9-3-2-4-10-16/h2-4,9-10,15H,5-8,11-14H2,1H3,(H,23,27)(H,24,26)/t15-/m0/s1. The minimum Gasteiger partial charge on any atom is -0.322 e. The smallest absolute Gasteiger partial charge is 0.258 e. The molecular weight excluding hydrogens is 370 g/mol. The van der Waals surface area contributed by atoms with E-state index in [1.807, 2.05) is 30.3 Å². The van der Waals surface area contributed by atoms with Crippen molar-refractivity contribution in [1.29, 1.82) is 0 Å². The third-order valence-corrected chi connectivity index (χ3v) is 6.93. The highest BCUT2D eigenvalue weighted by atomic mass is 32.1. The number of fused-ring (bicyclic) bond motifs is 1. The first-order chi connectivity index (χ1) is 13.6. The quantitative estimate of drug-likeness (QED) is 0.791. The van der Waals surface area contributed by atoms with Crippen LogP contribution in [0, 0.1) is 0 Å². The summed E-state index contributed by atoms with van der Waals surface area (Å²) < 4.78 is 0. The second-order valence-electron chi connectivity index (χ2n) is 7.75. The highest BCUT2D eigenvalue weighted by molar-refractivity contribution is 7.17. The van der Waals surface area contributed by atoms with Crippen molar-refractivity contribution >= 4 is 33.8 Å². The normalized spacial score (nSPS) is 19.2. The number of carbonyl (C=O) groups is 2. The van der Waals surface area contributed by atoms with E-state index in [-0.39, 0.29) is 11.8 Å². The molecule has 4 rings (SSSR count). The third-order valence-electron chi connectivity index (χ3n) is 5.72. The van der Waals surface area contributed by atoms with Gasteiger partial charge in [0.25, 0.3) is 5.91 Å². The van der Waals surface area contributed by atoms with Crippen molar-refractivity contribution in [2.24, 2.45) is 0 Å². The van der Waals surface area contributed by atoms with Crippen molar-refractivity contribution in [3.8, 4) is 0 Å². The number of piperidine rings is 1. The van der Waals surface area contributed by atoms with Crippen LogP contribution in [-0.4, -0.2) is 35.8 Å². The number of hydrogen-bond donors (Lipinski definition) is 2. The Bertz CT molecular complexity index is 862. The summed E-state index contributed by atoms with van der Waals surface area (Å²) in [5.74, 6) is -0.158. The summed E-state index contributed by atoms with van der Waals surface area (Å²) in [5.41, 5.74) is 2.53. The Labute approximate surface area is 170 Å². The van der Waals surface area contributed by atoms with Crippen LogP contribution in [0.15, 0.2) is 30.3 Å². The molecule has 0 bridgehead atoms. The zero-order valence-electron chi connectivity index (χ0n) is 16.3. The number of carbonyl (C=O) groups excluding carboxylic acids is 2. The van der Waals surface area contributed by atoms with E-state index in [1.165, 1.54) is 11.3 Å². The van der Waals surface area contributed by atoms with E-state index in [0.717, 1.165) is 49.9 Å². The lowest BCUT2D eigenvalue weighted by Crippen LogP contribution is -2.42. The van der Waals surface area contributed by atoms with E-state index < -0.39 is 0 Å². The van der Waals surface area contributed by atoms with Crippen LogP contribution in [0.5, 0.6) is 0 Å². The molecule has 2 heterocycles. The molecule has 1 aliphatic heterocycles. The molecule has 0 unspecified atom stereocenters. The molecule has 1 aliphatic carbocycles. The first kappa shape index (κ1) is 19.2. The molecule has 148 valence electrons. The lowest BCUT2D eigenvalue weighted by atomic mass is 10.0. The van der Waals surface area contributed by atoms with E-state index >= 15 is 0 Å². The number of rotatable bonds is 5. The minimum atomic E-state index is -0.132. The molecule has 1 aromatic heterocycles. The SMILES string of the molecule is C[C@H]1CCCCN1CC(=O)Nc1sc2c(c1C(=O)Nc1ccccc1)CCC2. The topological polar surface area (TPSA) is 61.4 Å². The Morgan fingerprint density at radius 3 is 2.71 bits per heavy atom. The van der Waals surface area contributed by atoms with Crippen molar-refractivity contribution in [3.63, 3.8) is 0 Å². The molecule has 2 aliphatic rings. The maximum Gasteiger partial charge on any atom is 0.258 e. The van der Waals surface area contributed by atoms with E-state index in [9.17, 15) is 9.59 Å². The van der Waals surface area contributed by atoms with Crippen LogP contribution in [0.1, 0.15) is 53.4 Å². The van der Waals surface area contributed by atoms with Gasteiger partial charge in [0.15, 0.2) is 0 Å². The van der Waals surface area contributed by atoms with Crippen molar-refractivity contribution in [1.82, 2.24) is 4.90 Å². The number of amides is 2. The van der Waals surface area contributed by atoms with E-state index in [4.69, 9.17) is 0 Å². The van der Waals surface area contributed by atoms with Crippen molar-refractivity contribution < 1.29 is 9.59 Å². The molecule has 5 nitrogen and oxygen atoms in total. The van der Waals surface area contributed by atoms with Gasteiger partial charge in [-0.2, -0.15) is 0 Å². The summed E-state index contributed by atoms with van der Waals surface area (Å²) in [6.45, 7) is 3.55. The number of para-hydroxylation sites is 1. The fourth-order valence-corrected chi connectivity index (χ4v) is 5.49. The van der Waals surface area contributed by atoms with Crippen LogP contribution < -0.4 is 10.6 Å². The molecule has 1 saturated heterocycles. The van der Waals surface area contributed by atoms with Crippen LogP contribution >= 0.6 is 11.3 Å². The van der Waals surface area contributed by atoms with Gasteiger partial charge in [-0.05, 0) is 63.3 Å². The van der Waals surface area contributed by atoms with Gasteiger partial charge >= 0.3 is 0 Å². The Kier molecular flexibility index (Phi) is 5.78. The molecule has 2 N–H and O–H groups in total. The van der Waals surface area contributed by atoms with Crippen LogP contribution in [0.25, 0.3) is 0 Å². The molecular formula is C22H27N3O2S. The van der Waals surface area contributed by atoms with Gasteiger partial charge in [-0.15, -0.1) is 11.3 Å². The number of likely N-dealkylation sites (tertiary alicyclic amines) is 1. The second-order valence-corrected chi connectivity index (χ2v) is 8.85. The third kappa shape index (κ3) is 4.13. The fourth-order valence-electron chi connectivity index (χ4n) is 4.19. The van der Waals surface area contributed by atoms with E-state index in [1.54, 1.807) is 11.3 Å². The average molecular weight is 398 g/mol. The molecule has 2 amide bonds. The Morgan fingerprint density at radius 1 is 1.11 bits per heavy atom. The van der Waals surface area contributed by atoms with Gasteiger partial charge in [-0.3, -0.25) is 14.5 Å². The van der Waals surface area contributed by atoms with Crippen molar-refractivity contribution in [3.05, 3.63) is 46.3 Å². The van der Waals surface area contributed by atoms with Gasteiger partial charge in [-0.25, -0.2) is 0 Å². The second kappa shape index (κ2) is 8.45. The Hall–Kier alpha value is -2.18. The molecule has 28 heavy (non-hydrogen) atoms. The van der Waals surface area contributed by atoms with Gasteiger partial charge in [0, 0.05) is 16.6 Å². The first-order valence-corrected chi connectivity index (χ1v) is 11.0. The number of nitrogens with zero attached hydrogens (tertiary/aromatic N) is 1. The number of nitrogens with one attached hydrogen (secondary N) is 2. The summed E-state index contributed by atoms with van der Waals surface area (Å²) in [6, 6.07) is 9.91. The number of thiophene rings is 1. The van der Waals surface area contributed by atoms with Crippen LogP contribution in [-0.2, 0) is 17.6 Å². The predicted molar refractivity (Wildman–Crippen MR) is 114 cm³/mol. The predicted octanol–water partition coefficient (Wildman–Crippen LogP) is 4.30. The van der Waals surface area contributed by atoms with Gasteiger partial charge in [0.2, 0.25) is 5.91 Å². The first-order valence-electron chi connectivity index (χ1n) is 10.2. The Morgan fingerprint density at radius 2 is 1.93 bits per heavy atom. The molecule has 1 fully saturated rings.